The molecule has 1 aromatic heterocycles. The molecular weight excluding hydrogens is 270 g/mol. The Morgan fingerprint density at radius 2 is 2.35 bits per heavy atom. The number of thioether (sulfide) groups is 2. The van der Waals surface area contributed by atoms with E-state index in [-0.39, 0.29) is 5.12 Å². The molecule has 0 spiro atoms. The Morgan fingerprint density at radius 1 is 1.53 bits per heavy atom. The summed E-state index contributed by atoms with van der Waals surface area (Å²) in [6.45, 7) is 4.17. The van der Waals surface area contributed by atoms with Crippen LogP contribution in [-0.4, -0.2) is 15.2 Å². The molecule has 1 aromatic rings. The van der Waals surface area contributed by atoms with Gasteiger partial charge in [-0.05, 0) is 53.9 Å². The lowest BCUT2D eigenvalue weighted by Gasteiger charge is -1.92. The minimum Gasteiger partial charge on any atom is -0.279 e. The molecule has 0 aromatic carbocycles. The molecular formula is C12H13NOS3. The van der Waals surface area contributed by atoms with Gasteiger partial charge in [-0.3, -0.25) is 4.79 Å². The van der Waals surface area contributed by atoms with Gasteiger partial charge in [0.05, 0.1) is 0 Å². The van der Waals surface area contributed by atoms with E-state index in [2.05, 4.69) is 18.0 Å². The van der Waals surface area contributed by atoms with Crippen LogP contribution in [0.3, 0.4) is 0 Å². The second-order valence-corrected chi connectivity index (χ2v) is 6.86. The maximum atomic E-state index is 11.8. The SMILES string of the molecule is CCCSC1=N/C(=C\c2sccc2C)C(=O)S1. The van der Waals surface area contributed by atoms with E-state index in [1.165, 1.54) is 17.3 Å². The predicted octanol–water partition coefficient (Wildman–Crippen LogP) is 4.17. The lowest BCUT2D eigenvalue weighted by molar-refractivity contribution is -0.107. The molecule has 2 nitrogen and oxygen atoms in total. The summed E-state index contributed by atoms with van der Waals surface area (Å²) in [6, 6.07) is 2.06. The zero-order valence-corrected chi connectivity index (χ0v) is 12.2. The third-order valence-corrected chi connectivity index (χ3v) is 5.38. The van der Waals surface area contributed by atoms with Crippen molar-refractivity contribution < 1.29 is 4.79 Å². The van der Waals surface area contributed by atoms with Gasteiger partial charge in [-0.25, -0.2) is 4.99 Å². The average Bonchev–Trinajstić information content (AvgIpc) is 2.85. The molecule has 2 heterocycles. The highest BCUT2D eigenvalue weighted by atomic mass is 32.2. The molecule has 17 heavy (non-hydrogen) atoms. The van der Waals surface area contributed by atoms with Crippen LogP contribution in [0.2, 0.25) is 0 Å². The van der Waals surface area contributed by atoms with Gasteiger partial charge in [0.1, 0.15) is 10.1 Å². The van der Waals surface area contributed by atoms with Crippen molar-refractivity contribution in [2.75, 3.05) is 5.75 Å². The smallest absolute Gasteiger partial charge is 0.244 e. The molecule has 0 atom stereocenters. The van der Waals surface area contributed by atoms with Crippen LogP contribution in [0.25, 0.3) is 6.08 Å². The molecule has 0 saturated heterocycles. The van der Waals surface area contributed by atoms with Crippen molar-refractivity contribution in [2.45, 2.75) is 20.3 Å². The molecule has 0 amide bonds. The van der Waals surface area contributed by atoms with Crippen molar-refractivity contribution in [1.82, 2.24) is 0 Å². The van der Waals surface area contributed by atoms with Crippen LogP contribution in [-0.2, 0) is 4.79 Å². The van der Waals surface area contributed by atoms with E-state index in [0.717, 1.165) is 21.4 Å². The van der Waals surface area contributed by atoms with Crippen LogP contribution < -0.4 is 0 Å². The Bertz CT molecular complexity index is 488. The van der Waals surface area contributed by atoms with E-state index in [4.69, 9.17) is 0 Å². The van der Waals surface area contributed by atoms with Gasteiger partial charge in [-0.1, -0.05) is 18.7 Å². The van der Waals surface area contributed by atoms with Crippen LogP contribution in [0, 0.1) is 6.92 Å². The quantitative estimate of drug-likeness (QED) is 0.780. The number of aliphatic imine (C=N–C) groups is 1. The Labute approximate surface area is 114 Å². The topological polar surface area (TPSA) is 29.4 Å². The molecule has 5 heteroatoms. The first kappa shape index (κ1) is 12.9. The highest BCUT2D eigenvalue weighted by molar-refractivity contribution is 8.45. The van der Waals surface area contributed by atoms with Crippen molar-refractivity contribution in [3.05, 3.63) is 27.6 Å². The lowest BCUT2D eigenvalue weighted by atomic mass is 10.2. The van der Waals surface area contributed by atoms with Crippen LogP contribution in [0.5, 0.6) is 0 Å². The van der Waals surface area contributed by atoms with Gasteiger partial charge >= 0.3 is 0 Å². The molecule has 2 rings (SSSR count). The van der Waals surface area contributed by atoms with Gasteiger partial charge in [-0.2, -0.15) is 0 Å². The number of nitrogens with zero attached hydrogens (tertiary/aromatic N) is 1. The van der Waals surface area contributed by atoms with Crippen LogP contribution in [0.1, 0.15) is 23.8 Å². The Balaban J connectivity index is 2.16. The summed E-state index contributed by atoms with van der Waals surface area (Å²) in [5.41, 5.74) is 1.78. The predicted molar refractivity (Wildman–Crippen MR) is 79.8 cm³/mol. The van der Waals surface area contributed by atoms with E-state index in [1.54, 1.807) is 23.1 Å². The summed E-state index contributed by atoms with van der Waals surface area (Å²) in [7, 11) is 0. The highest BCUT2D eigenvalue weighted by Gasteiger charge is 2.22. The maximum Gasteiger partial charge on any atom is 0.244 e. The minimum atomic E-state index is 0.0661. The van der Waals surface area contributed by atoms with E-state index in [1.807, 2.05) is 18.4 Å². The summed E-state index contributed by atoms with van der Waals surface area (Å²) in [5.74, 6) is 1.02. The standard InChI is InChI=1S/C12H13NOS3/c1-3-5-16-12-13-9(11(14)17-12)7-10-8(2)4-6-15-10/h4,6-7H,3,5H2,1-2H3/b9-7-. The third kappa shape index (κ3) is 3.24. The zero-order valence-electron chi connectivity index (χ0n) is 9.73. The van der Waals surface area contributed by atoms with E-state index in [9.17, 15) is 4.79 Å². The van der Waals surface area contributed by atoms with Crippen molar-refractivity contribution in [3.8, 4) is 0 Å². The van der Waals surface area contributed by atoms with Gasteiger partial charge in [0.2, 0.25) is 5.12 Å². The molecule has 0 radical (unpaired) electrons. The number of thiophene rings is 1. The van der Waals surface area contributed by atoms with Crippen LogP contribution in [0.4, 0.5) is 0 Å². The third-order valence-electron chi connectivity index (χ3n) is 2.20. The molecule has 0 N–H and O–H groups in total. The number of aryl methyl sites for hydroxylation is 1. The summed E-state index contributed by atoms with van der Waals surface area (Å²) < 4.78 is 0.886. The molecule has 0 saturated carbocycles. The number of hydrogen-bond acceptors (Lipinski definition) is 5. The van der Waals surface area contributed by atoms with Crippen molar-refractivity contribution in [1.29, 1.82) is 0 Å². The maximum absolute atomic E-state index is 11.8. The van der Waals surface area contributed by atoms with E-state index < -0.39 is 0 Å². The molecule has 1 aliphatic heterocycles. The minimum absolute atomic E-state index is 0.0661. The first-order chi connectivity index (χ1) is 8.20. The Kier molecular flexibility index (Phi) is 4.48. The molecule has 90 valence electrons. The summed E-state index contributed by atoms with van der Waals surface area (Å²) >= 11 is 4.56. The second kappa shape index (κ2) is 5.89. The monoisotopic (exact) mass is 283 g/mol. The fourth-order valence-electron chi connectivity index (χ4n) is 1.30. The summed E-state index contributed by atoms with van der Waals surface area (Å²) in [4.78, 5) is 17.3. The average molecular weight is 283 g/mol. The lowest BCUT2D eigenvalue weighted by Crippen LogP contribution is -1.87. The number of carbonyl (C=O) groups is 1. The molecule has 0 bridgehead atoms. The molecule has 0 fully saturated rings. The normalized spacial score (nSPS) is 17.9. The number of hydrogen-bond donors (Lipinski definition) is 0. The van der Waals surface area contributed by atoms with Crippen LogP contribution in [0.15, 0.2) is 22.1 Å². The zero-order chi connectivity index (χ0) is 12.3. The second-order valence-electron chi connectivity index (χ2n) is 3.61. The number of rotatable bonds is 3. The van der Waals surface area contributed by atoms with E-state index >= 15 is 0 Å². The fourth-order valence-corrected chi connectivity index (χ4v) is 3.92. The van der Waals surface area contributed by atoms with Gasteiger partial charge in [-0.15, -0.1) is 11.3 Å². The van der Waals surface area contributed by atoms with Gasteiger partial charge in [0, 0.05) is 4.88 Å². The molecule has 0 aliphatic carbocycles. The van der Waals surface area contributed by atoms with Gasteiger partial charge < -0.3 is 0 Å². The Morgan fingerprint density at radius 3 is 3.00 bits per heavy atom. The largest absolute Gasteiger partial charge is 0.279 e. The molecule has 1 aliphatic rings. The Hall–Kier alpha value is -0.520. The van der Waals surface area contributed by atoms with Gasteiger partial charge in [0.25, 0.3) is 0 Å². The first-order valence-electron chi connectivity index (χ1n) is 5.40. The van der Waals surface area contributed by atoms with E-state index in [0.29, 0.717) is 5.70 Å². The van der Waals surface area contributed by atoms with Crippen molar-refractivity contribution in [2.24, 2.45) is 4.99 Å². The van der Waals surface area contributed by atoms with Crippen molar-refractivity contribution in [3.63, 3.8) is 0 Å². The summed E-state index contributed by atoms with van der Waals surface area (Å²) in [6.07, 6.45) is 3.00. The van der Waals surface area contributed by atoms with Gasteiger partial charge in [0.15, 0.2) is 0 Å². The fraction of sp³-hybridized carbons (Fsp3) is 0.333. The highest BCUT2D eigenvalue weighted by Crippen LogP contribution is 2.32. The van der Waals surface area contributed by atoms with Crippen LogP contribution >= 0.6 is 34.9 Å². The molecule has 0 unspecified atom stereocenters. The van der Waals surface area contributed by atoms with Crippen molar-refractivity contribution >= 4 is 50.4 Å². The summed E-state index contributed by atoms with van der Waals surface area (Å²) in [5, 5.41) is 2.10. The number of carbonyl (C=O) groups excluding carboxylic acids is 1. The first-order valence-corrected chi connectivity index (χ1v) is 8.08.